The van der Waals surface area contributed by atoms with E-state index in [9.17, 15) is 4.79 Å². The molecule has 0 aliphatic heterocycles. The molecule has 1 aromatic carbocycles. The number of pyridine rings is 1. The fraction of sp³-hybridized carbons (Fsp3) is 0.133. The zero-order valence-corrected chi connectivity index (χ0v) is 12.0. The number of carbonyl (C=O) groups excluding carboxylic acids is 1. The smallest absolute Gasteiger partial charge is 0.230 e. The molecule has 2 heterocycles. The van der Waals surface area contributed by atoms with Crippen LogP contribution in [0.25, 0.3) is 22.7 Å². The number of nitrogens with zero attached hydrogens (tertiary/aromatic N) is 2. The minimum atomic E-state index is -0.0649. The van der Waals surface area contributed by atoms with E-state index in [1.165, 1.54) is 0 Å². The van der Waals surface area contributed by atoms with E-state index in [1.807, 2.05) is 0 Å². The highest BCUT2D eigenvalue weighted by atomic mass is 35.5. The van der Waals surface area contributed by atoms with Gasteiger partial charge in [-0.15, -0.1) is 0 Å². The van der Waals surface area contributed by atoms with E-state index in [1.54, 1.807) is 43.5 Å². The third kappa shape index (κ3) is 2.73. The lowest BCUT2D eigenvalue weighted by Crippen LogP contribution is -2.09. The van der Waals surface area contributed by atoms with Crippen LogP contribution in [0.3, 0.4) is 0 Å². The van der Waals surface area contributed by atoms with Gasteiger partial charge in [-0.2, -0.15) is 4.98 Å². The minimum absolute atomic E-state index is 0.0649. The number of fused-ring (bicyclic) bond motifs is 1. The molecule has 3 rings (SSSR count). The topological polar surface area (TPSA) is 68.0 Å². The van der Waals surface area contributed by atoms with E-state index in [4.69, 9.17) is 16.0 Å². The van der Waals surface area contributed by atoms with Crippen LogP contribution in [0.15, 0.2) is 40.9 Å². The van der Waals surface area contributed by atoms with Crippen molar-refractivity contribution < 1.29 is 9.21 Å². The second-order valence-electron chi connectivity index (χ2n) is 4.44. The van der Waals surface area contributed by atoms with Gasteiger partial charge in [0.05, 0.1) is 10.6 Å². The van der Waals surface area contributed by atoms with Crippen molar-refractivity contribution in [2.24, 2.45) is 0 Å². The number of benzene rings is 1. The first kappa shape index (κ1) is 13.6. The lowest BCUT2D eigenvalue weighted by atomic mass is 10.2. The van der Waals surface area contributed by atoms with Gasteiger partial charge in [-0.05, 0) is 30.3 Å². The highest BCUT2D eigenvalue weighted by molar-refractivity contribution is 6.33. The molecule has 21 heavy (non-hydrogen) atoms. The fourth-order valence-corrected chi connectivity index (χ4v) is 2.16. The number of hydrogen-bond donors (Lipinski definition) is 1. The Morgan fingerprint density at radius 1 is 1.38 bits per heavy atom. The van der Waals surface area contributed by atoms with Crippen LogP contribution in [0.2, 0.25) is 5.02 Å². The monoisotopic (exact) mass is 301 g/mol. The predicted molar refractivity (Wildman–Crippen MR) is 81.2 cm³/mol. The zero-order chi connectivity index (χ0) is 14.8. The summed E-state index contributed by atoms with van der Waals surface area (Å²) >= 11 is 6.25. The normalized spacial score (nSPS) is 10.8. The Hall–Kier alpha value is -2.40. The lowest BCUT2D eigenvalue weighted by molar-refractivity contribution is -0.115. The van der Waals surface area contributed by atoms with Crippen LogP contribution < -0.4 is 5.32 Å². The number of oxazole rings is 1. The summed E-state index contributed by atoms with van der Waals surface area (Å²) in [6.07, 6.45) is 2.07. The van der Waals surface area contributed by atoms with Crippen LogP contribution in [-0.4, -0.2) is 15.9 Å². The molecule has 0 saturated carbocycles. The Morgan fingerprint density at radius 2 is 2.24 bits per heavy atom. The van der Waals surface area contributed by atoms with Crippen LogP contribution in [0.5, 0.6) is 0 Å². The van der Waals surface area contributed by atoms with E-state index in [0.717, 1.165) is 0 Å². The average molecular weight is 302 g/mol. The summed E-state index contributed by atoms with van der Waals surface area (Å²) in [5.74, 6) is 0.340. The molecule has 1 N–H and O–H groups in total. The Labute approximate surface area is 126 Å². The summed E-state index contributed by atoms with van der Waals surface area (Å²) < 4.78 is 5.63. The largest absolute Gasteiger partial charge is 0.434 e. The molecule has 2 aromatic heterocycles. The summed E-state index contributed by atoms with van der Waals surface area (Å²) in [7, 11) is 0. The summed E-state index contributed by atoms with van der Waals surface area (Å²) in [4.78, 5) is 19.8. The first-order valence-corrected chi connectivity index (χ1v) is 6.86. The van der Waals surface area contributed by atoms with Gasteiger partial charge in [0.25, 0.3) is 0 Å². The summed E-state index contributed by atoms with van der Waals surface area (Å²) in [5, 5.41) is 3.21. The van der Waals surface area contributed by atoms with E-state index in [0.29, 0.717) is 39.8 Å². The van der Waals surface area contributed by atoms with Gasteiger partial charge in [0.2, 0.25) is 11.8 Å². The molecule has 0 aliphatic rings. The maximum absolute atomic E-state index is 11.4. The molecular weight excluding hydrogens is 290 g/mol. The van der Waals surface area contributed by atoms with Crippen molar-refractivity contribution in [2.75, 3.05) is 5.32 Å². The summed E-state index contributed by atoms with van der Waals surface area (Å²) in [5.41, 5.74) is 2.44. The Morgan fingerprint density at radius 3 is 2.95 bits per heavy atom. The van der Waals surface area contributed by atoms with Crippen molar-refractivity contribution in [3.8, 4) is 11.5 Å². The molecule has 0 aliphatic carbocycles. The van der Waals surface area contributed by atoms with Crippen LogP contribution in [0.1, 0.15) is 13.3 Å². The van der Waals surface area contributed by atoms with E-state index < -0.39 is 0 Å². The molecule has 5 nitrogen and oxygen atoms in total. The molecule has 0 saturated heterocycles. The van der Waals surface area contributed by atoms with Crippen molar-refractivity contribution in [1.29, 1.82) is 0 Å². The zero-order valence-electron chi connectivity index (χ0n) is 11.3. The second-order valence-corrected chi connectivity index (χ2v) is 4.85. The van der Waals surface area contributed by atoms with E-state index in [-0.39, 0.29) is 5.91 Å². The Kier molecular flexibility index (Phi) is 3.58. The summed E-state index contributed by atoms with van der Waals surface area (Å²) in [6.45, 7) is 1.79. The van der Waals surface area contributed by atoms with Gasteiger partial charge >= 0.3 is 0 Å². The number of halogens is 1. The van der Waals surface area contributed by atoms with Crippen molar-refractivity contribution in [3.05, 3.63) is 41.6 Å². The maximum Gasteiger partial charge on any atom is 0.230 e. The summed E-state index contributed by atoms with van der Waals surface area (Å²) in [6, 6.07) is 8.77. The van der Waals surface area contributed by atoms with Crippen LogP contribution >= 0.6 is 11.6 Å². The SMILES string of the molecule is CCC(=O)Nc1ccc(-c2nc3ncccc3o2)c(Cl)c1. The predicted octanol–water partition coefficient (Wildman–Crippen LogP) is 3.89. The third-order valence-corrected chi connectivity index (χ3v) is 3.28. The molecular formula is C15H12ClN3O2. The number of anilines is 1. The fourth-order valence-electron chi connectivity index (χ4n) is 1.90. The number of amides is 1. The van der Waals surface area contributed by atoms with Crippen LogP contribution in [0, 0.1) is 0 Å². The third-order valence-electron chi connectivity index (χ3n) is 2.97. The Balaban J connectivity index is 1.97. The van der Waals surface area contributed by atoms with Crippen molar-refractivity contribution in [3.63, 3.8) is 0 Å². The number of nitrogens with one attached hydrogen (secondary N) is 1. The second kappa shape index (κ2) is 5.54. The number of hydrogen-bond acceptors (Lipinski definition) is 4. The minimum Gasteiger partial charge on any atom is -0.434 e. The van der Waals surface area contributed by atoms with Crippen molar-refractivity contribution >= 4 is 34.4 Å². The van der Waals surface area contributed by atoms with Crippen LogP contribution in [0.4, 0.5) is 5.69 Å². The standard InChI is InChI=1S/C15H12ClN3O2/c1-2-13(20)18-9-5-6-10(11(16)8-9)15-19-14-12(21-15)4-3-7-17-14/h3-8H,2H2,1H3,(H,18,20). The van der Waals surface area contributed by atoms with Gasteiger partial charge in [0.1, 0.15) is 0 Å². The Bertz CT molecular complexity index is 781. The number of aromatic nitrogens is 2. The van der Waals surface area contributed by atoms with Crippen molar-refractivity contribution in [2.45, 2.75) is 13.3 Å². The van der Waals surface area contributed by atoms with Gasteiger partial charge < -0.3 is 9.73 Å². The molecule has 0 radical (unpaired) electrons. The number of rotatable bonds is 3. The van der Waals surface area contributed by atoms with Gasteiger partial charge in [0, 0.05) is 18.3 Å². The van der Waals surface area contributed by atoms with E-state index >= 15 is 0 Å². The number of carbonyl (C=O) groups is 1. The molecule has 6 heteroatoms. The highest BCUT2D eigenvalue weighted by Crippen LogP contribution is 2.31. The average Bonchev–Trinajstić information content (AvgIpc) is 2.90. The molecule has 0 spiro atoms. The van der Waals surface area contributed by atoms with E-state index in [2.05, 4.69) is 15.3 Å². The van der Waals surface area contributed by atoms with Gasteiger partial charge in [-0.1, -0.05) is 18.5 Å². The van der Waals surface area contributed by atoms with Gasteiger partial charge in [-0.3, -0.25) is 4.79 Å². The maximum atomic E-state index is 11.4. The molecule has 0 atom stereocenters. The van der Waals surface area contributed by atoms with Gasteiger partial charge in [0.15, 0.2) is 11.2 Å². The van der Waals surface area contributed by atoms with Gasteiger partial charge in [-0.25, -0.2) is 4.98 Å². The molecule has 0 bridgehead atoms. The molecule has 0 unspecified atom stereocenters. The quantitative estimate of drug-likeness (QED) is 0.797. The molecule has 106 valence electrons. The first-order valence-electron chi connectivity index (χ1n) is 6.48. The highest BCUT2D eigenvalue weighted by Gasteiger charge is 2.13. The van der Waals surface area contributed by atoms with Crippen molar-refractivity contribution in [1.82, 2.24) is 9.97 Å². The van der Waals surface area contributed by atoms with Crippen LogP contribution in [-0.2, 0) is 4.79 Å². The molecule has 3 aromatic rings. The lowest BCUT2D eigenvalue weighted by Gasteiger charge is -2.05. The first-order chi connectivity index (χ1) is 10.2. The molecule has 0 fully saturated rings. The molecule has 1 amide bonds.